The van der Waals surface area contributed by atoms with Gasteiger partial charge in [-0.1, -0.05) is 5.98 Å². The van der Waals surface area contributed by atoms with E-state index in [1.807, 2.05) is 12.1 Å². The maximum atomic E-state index is 5.89. The average Bonchev–Trinajstić information content (AvgIpc) is 2.89. The van der Waals surface area contributed by atoms with Gasteiger partial charge in [0.25, 0.3) is 0 Å². The summed E-state index contributed by atoms with van der Waals surface area (Å²) in [6.45, 7) is 9.93. The van der Waals surface area contributed by atoms with Crippen molar-refractivity contribution in [2.75, 3.05) is 20.3 Å². The summed E-state index contributed by atoms with van der Waals surface area (Å²) in [5.74, 6) is 1.90. The summed E-state index contributed by atoms with van der Waals surface area (Å²) in [4.78, 5) is 0. The first kappa shape index (κ1) is 16.5. The van der Waals surface area contributed by atoms with E-state index in [9.17, 15) is 0 Å². The van der Waals surface area contributed by atoms with Crippen LogP contribution in [0.5, 0.6) is 0 Å². The Bertz CT molecular complexity index is 394. The van der Waals surface area contributed by atoms with Crippen molar-refractivity contribution in [3.05, 3.63) is 12.1 Å². The highest BCUT2D eigenvalue weighted by molar-refractivity contribution is 6.52. The molecule has 2 aliphatic heterocycles. The van der Waals surface area contributed by atoms with Gasteiger partial charge < -0.3 is 14.0 Å². The highest BCUT2D eigenvalue weighted by Crippen LogP contribution is 2.36. The van der Waals surface area contributed by atoms with Crippen molar-refractivity contribution in [1.82, 2.24) is 5.01 Å². The first-order valence-corrected chi connectivity index (χ1v) is 7.68. The highest BCUT2D eigenvalue weighted by atomic mass is 16.7. The molecule has 5 nitrogen and oxygen atoms in total. The first-order valence-electron chi connectivity index (χ1n) is 7.68. The van der Waals surface area contributed by atoms with Gasteiger partial charge >= 0.3 is 7.12 Å². The van der Waals surface area contributed by atoms with E-state index in [-0.39, 0.29) is 18.3 Å². The summed E-state index contributed by atoms with van der Waals surface area (Å²) in [6, 6.07) is 0.400. The third-order valence-corrected chi connectivity index (χ3v) is 4.55. The zero-order valence-electron chi connectivity index (χ0n) is 13.8. The van der Waals surface area contributed by atoms with Crippen molar-refractivity contribution in [3.63, 3.8) is 0 Å². The molecule has 0 N–H and O–H groups in total. The van der Waals surface area contributed by atoms with E-state index in [1.54, 1.807) is 13.3 Å². The molecular weight excluding hydrogens is 267 g/mol. The van der Waals surface area contributed by atoms with E-state index in [0.717, 1.165) is 19.6 Å². The maximum absolute atomic E-state index is 5.89. The summed E-state index contributed by atoms with van der Waals surface area (Å²) in [5, 5.41) is 6.58. The number of ether oxygens (including phenoxy) is 1. The van der Waals surface area contributed by atoms with Crippen molar-refractivity contribution in [3.8, 4) is 0 Å². The summed E-state index contributed by atoms with van der Waals surface area (Å²) in [5.41, 5.74) is -0.588. The standard InChI is InChI=1S/C15H27BN2O3/c1-14(2)15(3,4)21-16(20-14)9-7-10-17-18-11-6-8-13(18)12-19-5/h7,9-10,13H,6,8,11-12H2,1-5H3/b9-7+,17-10+/t13-/m1/s1. The van der Waals surface area contributed by atoms with Gasteiger partial charge in [0, 0.05) is 19.9 Å². The van der Waals surface area contributed by atoms with E-state index in [1.165, 1.54) is 6.42 Å². The predicted octanol–water partition coefficient (Wildman–Crippen LogP) is 2.27. The normalized spacial score (nSPS) is 28.3. The molecule has 2 rings (SSSR count). The molecule has 0 aromatic carbocycles. The minimum absolute atomic E-state index is 0.294. The number of methoxy groups -OCH3 is 1. The van der Waals surface area contributed by atoms with E-state index in [4.69, 9.17) is 14.0 Å². The number of hydrogen-bond donors (Lipinski definition) is 0. The van der Waals surface area contributed by atoms with Gasteiger partial charge in [0.05, 0.1) is 23.9 Å². The lowest BCUT2D eigenvalue weighted by Gasteiger charge is -2.32. The molecule has 0 bridgehead atoms. The van der Waals surface area contributed by atoms with Gasteiger partial charge in [-0.3, -0.25) is 5.01 Å². The summed E-state index contributed by atoms with van der Waals surface area (Å²) in [7, 11) is 1.42. The molecule has 6 heteroatoms. The molecule has 2 heterocycles. The Morgan fingerprint density at radius 2 is 1.95 bits per heavy atom. The molecule has 0 aromatic rings. The fraction of sp³-hybridized carbons (Fsp3) is 0.800. The van der Waals surface area contributed by atoms with Crippen molar-refractivity contribution in [1.29, 1.82) is 0 Å². The zero-order chi connectivity index (χ0) is 15.5. The topological polar surface area (TPSA) is 43.3 Å². The molecule has 0 unspecified atom stereocenters. The first-order chi connectivity index (χ1) is 9.86. The van der Waals surface area contributed by atoms with E-state index < -0.39 is 0 Å². The Labute approximate surface area is 128 Å². The van der Waals surface area contributed by atoms with Crippen LogP contribution in [0.25, 0.3) is 0 Å². The van der Waals surface area contributed by atoms with Crippen LogP contribution in [0.15, 0.2) is 17.2 Å². The van der Waals surface area contributed by atoms with Crippen LogP contribution in [0.2, 0.25) is 0 Å². The quantitative estimate of drug-likeness (QED) is 0.576. The van der Waals surface area contributed by atoms with Crippen LogP contribution in [-0.2, 0) is 14.0 Å². The van der Waals surface area contributed by atoms with Gasteiger partial charge in [0.2, 0.25) is 0 Å². The largest absolute Gasteiger partial charge is 0.487 e. The van der Waals surface area contributed by atoms with Crippen LogP contribution in [0.3, 0.4) is 0 Å². The summed E-state index contributed by atoms with van der Waals surface area (Å²) in [6.07, 6.45) is 6.02. The molecule has 0 saturated carbocycles. The van der Waals surface area contributed by atoms with Gasteiger partial charge in [-0.15, -0.1) is 0 Å². The van der Waals surface area contributed by atoms with E-state index >= 15 is 0 Å². The van der Waals surface area contributed by atoms with Crippen LogP contribution < -0.4 is 0 Å². The SMILES string of the molecule is COC[C@H]1CCCN1/N=C/C=C/B1OC(C)(C)C(C)(C)O1. The van der Waals surface area contributed by atoms with Crippen molar-refractivity contribution < 1.29 is 14.0 Å². The smallest absolute Gasteiger partial charge is 0.400 e. The van der Waals surface area contributed by atoms with Crippen LogP contribution >= 0.6 is 0 Å². The van der Waals surface area contributed by atoms with Gasteiger partial charge in [0.1, 0.15) is 0 Å². The fourth-order valence-electron chi connectivity index (χ4n) is 2.57. The third-order valence-electron chi connectivity index (χ3n) is 4.55. The van der Waals surface area contributed by atoms with Crippen molar-refractivity contribution in [2.45, 2.75) is 57.8 Å². The predicted molar refractivity (Wildman–Crippen MR) is 85.3 cm³/mol. The molecule has 1 atom stereocenters. The Balaban J connectivity index is 1.84. The lowest BCUT2D eigenvalue weighted by molar-refractivity contribution is 0.00578. The fourth-order valence-corrected chi connectivity index (χ4v) is 2.57. The Morgan fingerprint density at radius 1 is 1.29 bits per heavy atom. The number of rotatable bonds is 5. The van der Waals surface area contributed by atoms with Gasteiger partial charge in [-0.05, 0) is 46.6 Å². The second-order valence-corrected chi connectivity index (χ2v) is 6.69. The Kier molecular flexibility index (Phi) is 5.12. The number of nitrogens with zero attached hydrogens (tertiary/aromatic N) is 2. The average molecular weight is 294 g/mol. The van der Waals surface area contributed by atoms with Crippen molar-refractivity contribution >= 4 is 13.3 Å². The molecule has 0 aliphatic carbocycles. The third kappa shape index (κ3) is 3.87. The van der Waals surface area contributed by atoms with Gasteiger partial charge in [-0.25, -0.2) is 0 Å². The van der Waals surface area contributed by atoms with Crippen molar-refractivity contribution in [2.24, 2.45) is 5.10 Å². The maximum Gasteiger partial charge on any atom is 0.487 e. The lowest BCUT2D eigenvalue weighted by atomic mass is 9.90. The van der Waals surface area contributed by atoms with Gasteiger partial charge in [0.15, 0.2) is 0 Å². The second-order valence-electron chi connectivity index (χ2n) is 6.69. The van der Waals surface area contributed by atoms with Crippen LogP contribution in [0.4, 0.5) is 0 Å². The molecule has 2 fully saturated rings. The van der Waals surface area contributed by atoms with Crippen LogP contribution in [0, 0.1) is 0 Å². The van der Waals surface area contributed by atoms with Crippen LogP contribution in [-0.4, -0.2) is 55.8 Å². The monoisotopic (exact) mass is 294 g/mol. The molecule has 0 aromatic heterocycles. The summed E-state index contributed by atoms with van der Waals surface area (Å²) < 4.78 is 17.0. The van der Waals surface area contributed by atoms with Gasteiger partial charge in [-0.2, -0.15) is 5.10 Å². The van der Waals surface area contributed by atoms with E-state index in [2.05, 4.69) is 37.8 Å². The molecule has 0 amide bonds. The number of hydrogen-bond acceptors (Lipinski definition) is 5. The Morgan fingerprint density at radius 3 is 2.57 bits per heavy atom. The Hall–Kier alpha value is -0.845. The molecule has 2 aliphatic rings. The number of allylic oxidation sites excluding steroid dienone is 1. The zero-order valence-corrected chi connectivity index (χ0v) is 13.8. The number of hydrazone groups is 1. The highest BCUT2D eigenvalue weighted by Gasteiger charge is 2.49. The molecule has 2 saturated heterocycles. The molecule has 0 spiro atoms. The summed E-state index contributed by atoms with van der Waals surface area (Å²) >= 11 is 0. The molecule has 0 radical (unpaired) electrons. The van der Waals surface area contributed by atoms with Crippen LogP contribution in [0.1, 0.15) is 40.5 Å². The molecule has 118 valence electrons. The molecule has 21 heavy (non-hydrogen) atoms. The van der Waals surface area contributed by atoms with E-state index in [0.29, 0.717) is 6.04 Å². The lowest BCUT2D eigenvalue weighted by Crippen LogP contribution is -2.41. The minimum Gasteiger partial charge on any atom is -0.400 e. The minimum atomic E-state index is -0.310. The molecular formula is C15H27BN2O3. The second kappa shape index (κ2) is 6.50.